The van der Waals surface area contributed by atoms with Crippen LogP contribution in [0.1, 0.15) is 38.5 Å². The van der Waals surface area contributed by atoms with E-state index in [0.29, 0.717) is 30.9 Å². The Morgan fingerprint density at radius 3 is 2.39 bits per heavy atom. The lowest BCUT2D eigenvalue weighted by Gasteiger charge is -2.33. The smallest absolute Gasteiger partial charge is 0.233 e. The van der Waals surface area contributed by atoms with E-state index in [1.54, 1.807) is 6.20 Å². The van der Waals surface area contributed by atoms with Gasteiger partial charge in [-0.25, -0.2) is 9.88 Å². The summed E-state index contributed by atoms with van der Waals surface area (Å²) in [7, 11) is 0. The van der Waals surface area contributed by atoms with Crippen molar-refractivity contribution in [1.29, 1.82) is 0 Å². The average molecular weight is 317 g/mol. The molecule has 2 fully saturated rings. The molecule has 1 aromatic heterocycles. The fourth-order valence-corrected chi connectivity index (χ4v) is 3.37. The van der Waals surface area contributed by atoms with Crippen LogP contribution in [0.3, 0.4) is 0 Å². The highest BCUT2D eigenvalue weighted by atomic mass is 16.3. The van der Waals surface area contributed by atoms with Crippen LogP contribution in [0.4, 0.5) is 11.5 Å². The number of hydrogen-bond donors (Lipinski definition) is 1. The molecule has 6 heteroatoms. The lowest BCUT2D eigenvalue weighted by atomic mass is 9.94. The monoisotopic (exact) mass is 317 g/mol. The van der Waals surface area contributed by atoms with E-state index in [9.17, 15) is 9.59 Å². The number of nitrogens with zero attached hydrogens (tertiary/aromatic N) is 3. The molecule has 1 aromatic rings. The number of carbonyl (C=O) groups is 2. The number of aliphatic hydroxyl groups excluding tert-OH is 1. The topological polar surface area (TPSA) is 73.7 Å². The minimum Gasteiger partial charge on any atom is -0.396 e. The molecule has 0 bridgehead atoms. The maximum absolute atomic E-state index is 11.9. The molecule has 3 heterocycles. The number of hydrogen-bond acceptors (Lipinski definition) is 5. The molecular formula is C17H23N3O3. The van der Waals surface area contributed by atoms with Crippen molar-refractivity contribution in [1.82, 2.24) is 4.98 Å². The molecule has 0 spiro atoms. The predicted molar refractivity (Wildman–Crippen MR) is 87.2 cm³/mol. The Balaban J connectivity index is 1.66. The molecule has 0 unspecified atom stereocenters. The third kappa shape index (κ3) is 3.52. The molecule has 0 saturated carbocycles. The number of imide groups is 1. The van der Waals surface area contributed by atoms with Gasteiger partial charge in [0.25, 0.3) is 0 Å². The Bertz CT molecular complexity index is 549. The molecule has 0 atom stereocenters. The molecule has 2 aliphatic heterocycles. The highest BCUT2D eigenvalue weighted by molar-refractivity contribution is 6.16. The normalized spacial score (nSPS) is 20.2. The molecule has 6 nitrogen and oxygen atoms in total. The highest BCUT2D eigenvalue weighted by Crippen LogP contribution is 2.26. The maximum atomic E-state index is 11.9. The fraction of sp³-hybridized carbons (Fsp3) is 0.588. The average Bonchev–Trinajstić information content (AvgIpc) is 2.56. The number of carbonyl (C=O) groups excluding carboxylic acids is 2. The molecule has 3 rings (SSSR count). The van der Waals surface area contributed by atoms with E-state index in [4.69, 9.17) is 5.11 Å². The summed E-state index contributed by atoms with van der Waals surface area (Å²) >= 11 is 0. The molecule has 0 aliphatic carbocycles. The van der Waals surface area contributed by atoms with Crippen LogP contribution in [0.5, 0.6) is 0 Å². The number of aromatic nitrogens is 1. The number of pyridine rings is 1. The van der Waals surface area contributed by atoms with Crippen LogP contribution in [0.25, 0.3) is 0 Å². The third-order valence-corrected chi connectivity index (χ3v) is 4.75. The quantitative estimate of drug-likeness (QED) is 0.856. The first-order valence-electron chi connectivity index (χ1n) is 8.36. The summed E-state index contributed by atoms with van der Waals surface area (Å²) in [6, 6.07) is 3.69. The SMILES string of the molecule is O=C1CCCC(=O)N1c1ccc(N2CCC(CCO)CC2)nc1. The van der Waals surface area contributed by atoms with Crippen molar-refractivity contribution in [2.75, 3.05) is 29.5 Å². The van der Waals surface area contributed by atoms with Crippen molar-refractivity contribution in [3.05, 3.63) is 18.3 Å². The van der Waals surface area contributed by atoms with E-state index in [0.717, 1.165) is 38.2 Å². The molecular weight excluding hydrogens is 294 g/mol. The second-order valence-corrected chi connectivity index (χ2v) is 6.29. The first-order chi connectivity index (χ1) is 11.2. The van der Waals surface area contributed by atoms with E-state index < -0.39 is 0 Å². The number of piperidine rings is 2. The van der Waals surface area contributed by atoms with Gasteiger partial charge in [-0.1, -0.05) is 0 Å². The van der Waals surface area contributed by atoms with Crippen LogP contribution in [0.2, 0.25) is 0 Å². The molecule has 0 aromatic carbocycles. The van der Waals surface area contributed by atoms with E-state index in [2.05, 4.69) is 9.88 Å². The summed E-state index contributed by atoms with van der Waals surface area (Å²) in [5, 5.41) is 9.01. The summed E-state index contributed by atoms with van der Waals surface area (Å²) < 4.78 is 0. The largest absolute Gasteiger partial charge is 0.396 e. The van der Waals surface area contributed by atoms with Gasteiger partial charge in [0.2, 0.25) is 11.8 Å². The standard InChI is InChI=1S/C17H23N3O3/c21-11-8-13-6-9-19(10-7-13)15-5-4-14(12-18-15)20-16(22)2-1-3-17(20)23/h4-5,12-13,21H,1-3,6-11H2. The maximum Gasteiger partial charge on any atom is 0.233 e. The summed E-state index contributed by atoms with van der Waals surface area (Å²) in [5.41, 5.74) is 0.568. The van der Waals surface area contributed by atoms with Gasteiger partial charge in [0, 0.05) is 32.5 Å². The lowest BCUT2D eigenvalue weighted by molar-refractivity contribution is -0.129. The first-order valence-corrected chi connectivity index (χ1v) is 8.36. The van der Waals surface area contributed by atoms with Gasteiger partial charge in [-0.15, -0.1) is 0 Å². The van der Waals surface area contributed by atoms with Crippen LogP contribution in [-0.2, 0) is 9.59 Å². The van der Waals surface area contributed by atoms with Gasteiger partial charge in [-0.3, -0.25) is 9.59 Å². The lowest BCUT2D eigenvalue weighted by Crippen LogP contribution is -2.40. The molecule has 1 N–H and O–H groups in total. The second-order valence-electron chi connectivity index (χ2n) is 6.29. The summed E-state index contributed by atoms with van der Waals surface area (Å²) in [5.74, 6) is 1.20. The zero-order valence-electron chi connectivity index (χ0n) is 13.3. The molecule has 2 amide bonds. The Kier molecular flexibility index (Phi) is 4.91. The minimum absolute atomic E-state index is 0.138. The van der Waals surface area contributed by atoms with Crippen LogP contribution in [0.15, 0.2) is 18.3 Å². The molecule has 0 radical (unpaired) electrons. The Hall–Kier alpha value is -1.95. The van der Waals surface area contributed by atoms with E-state index >= 15 is 0 Å². The molecule has 2 saturated heterocycles. The summed E-state index contributed by atoms with van der Waals surface area (Å²) in [4.78, 5) is 31.8. The van der Waals surface area contributed by atoms with Crippen molar-refractivity contribution in [2.24, 2.45) is 5.92 Å². The number of aliphatic hydroxyl groups is 1. The predicted octanol–water partition coefficient (Wildman–Crippen LogP) is 1.72. The van der Waals surface area contributed by atoms with Gasteiger partial charge < -0.3 is 10.0 Å². The van der Waals surface area contributed by atoms with Gasteiger partial charge in [0.15, 0.2) is 0 Å². The summed E-state index contributed by atoms with van der Waals surface area (Å²) in [6.07, 6.45) is 6.11. The third-order valence-electron chi connectivity index (χ3n) is 4.75. The van der Waals surface area contributed by atoms with Crippen LogP contribution in [-0.4, -0.2) is 41.6 Å². The number of rotatable bonds is 4. The van der Waals surface area contributed by atoms with Crippen LogP contribution in [0, 0.1) is 5.92 Å². The number of amides is 2. The number of anilines is 2. The summed E-state index contributed by atoms with van der Waals surface area (Å²) in [6.45, 7) is 2.12. The molecule has 23 heavy (non-hydrogen) atoms. The zero-order chi connectivity index (χ0) is 16.2. The minimum atomic E-state index is -0.138. The van der Waals surface area contributed by atoms with Gasteiger partial charge in [0.05, 0.1) is 11.9 Å². The Morgan fingerprint density at radius 2 is 1.83 bits per heavy atom. The van der Waals surface area contributed by atoms with Gasteiger partial charge >= 0.3 is 0 Å². The van der Waals surface area contributed by atoms with E-state index in [1.807, 2.05) is 12.1 Å². The second kappa shape index (κ2) is 7.08. The fourth-order valence-electron chi connectivity index (χ4n) is 3.37. The van der Waals surface area contributed by atoms with E-state index in [-0.39, 0.29) is 18.4 Å². The van der Waals surface area contributed by atoms with Crippen molar-refractivity contribution >= 4 is 23.3 Å². The molecule has 124 valence electrons. The van der Waals surface area contributed by atoms with Crippen LogP contribution >= 0.6 is 0 Å². The highest BCUT2D eigenvalue weighted by Gasteiger charge is 2.28. The van der Waals surface area contributed by atoms with Crippen molar-refractivity contribution < 1.29 is 14.7 Å². The van der Waals surface area contributed by atoms with Gasteiger partial charge in [0.1, 0.15) is 5.82 Å². The molecule has 2 aliphatic rings. The first kappa shape index (κ1) is 15.9. The van der Waals surface area contributed by atoms with Crippen molar-refractivity contribution in [2.45, 2.75) is 38.5 Å². The van der Waals surface area contributed by atoms with E-state index in [1.165, 1.54) is 4.90 Å². The van der Waals surface area contributed by atoms with Crippen molar-refractivity contribution in [3.63, 3.8) is 0 Å². The Labute approximate surface area is 136 Å². The van der Waals surface area contributed by atoms with Gasteiger partial charge in [-0.2, -0.15) is 0 Å². The zero-order valence-corrected chi connectivity index (χ0v) is 13.3. The van der Waals surface area contributed by atoms with Gasteiger partial charge in [-0.05, 0) is 43.7 Å². The Morgan fingerprint density at radius 1 is 1.13 bits per heavy atom. The van der Waals surface area contributed by atoms with Crippen molar-refractivity contribution in [3.8, 4) is 0 Å². The van der Waals surface area contributed by atoms with Crippen LogP contribution < -0.4 is 9.80 Å².